The number of nitrogens with one attached hydrogen (secondary N) is 1. The first kappa shape index (κ1) is 26.6. The molecule has 7 nitrogen and oxygen atoms in total. The molecule has 1 spiro atoms. The molecule has 1 unspecified atom stereocenters. The number of nitrogens with zero attached hydrogens (tertiary/aromatic N) is 1. The second-order valence-corrected chi connectivity index (χ2v) is 9.73. The molecule has 0 radical (unpaired) electrons. The average Bonchev–Trinajstić information content (AvgIpc) is 3.25. The highest BCUT2D eigenvalue weighted by atomic mass is 19.4. The Bertz CT molecular complexity index is 1120. The molecule has 1 aliphatic carbocycles. The Kier molecular flexibility index (Phi) is 7.57. The van der Waals surface area contributed by atoms with E-state index in [1.807, 2.05) is 6.92 Å². The summed E-state index contributed by atoms with van der Waals surface area (Å²) in [6.07, 6.45) is -1.36. The normalized spacial score (nSPS) is 18.3. The lowest BCUT2D eigenvalue weighted by molar-refractivity contribution is -0.274. The van der Waals surface area contributed by atoms with E-state index in [0.717, 1.165) is 30.4 Å². The third-order valence-electron chi connectivity index (χ3n) is 7.34. The molecule has 1 aliphatic heterocycles. The van der Waals surface area contributed by atoms with Gasteiger partial charge in [-0.1, -0.05) is 18.6 Å². The fraction of sp³-hybridized carbons (Fsp3) is 0.481. The Balaban J connectivity index is 1.31. The maximum atomic E-state index is 13.2. The highest BCUT2D eigenvalue weighted by molar-refractivity contribution is 5.96. The van der Waals surface area contributed by atoms with Crippen molar-refractivity contribution in [3.63, 3.8) is 0 Å². The average molecular weight is 521 g/mol. The van der Waals surface area contributed by atoms with Crippen LogP contribution >= 0.6 is 0 Å². The van der Waals surface area contributed by atoms with Crippen molar-refractivity contribution in [3.8, 4) is 17.2 Å². The van der Waals surface area contributed by atoms with Gasteiger partial charge in [0.1, 0.15) is 17.2 Å². The monoisotopic (exact) mass is 520 g/mol. The highest BCUT2D eigenvalue weighted by Crippen LogP contribution is 2.46. The van der Waals surface area contributed by atoms with Gasteiger partial charge in [-0.15, -0.1) is 13.2 Å². The summed E-state index contributed by atoms with van der Waals surface area (Å²) < 4.78 is 51.6. The molecule has 2 aromatic carbocycles. The molecule has 0 aromatic heterocycles. The smallest absolute Gasteiger partial charge is 0.496 e. The van der Waals surface area contributed by atoms with E-state index < -0.39 is 6.36 Å². The number of ether oxygens (including phenoxy) is 3. The Morgan fingerprint density at radius 2 is 1.70 bits per heavy atom. The minimum absolute atomic E-state index is 0.0197. The van der Waals surface area contributed by atoms with Crippen LogP contribution in [0.2, 0.25) is 0 Å². The number of aryl methyl sites for hydroxylation is 1. The van der Waals surface area contributed by atoms with Crippen LogP contribution in [0, 0.1) is 12.3 Å². The van der Waals surface area contributed by atoms with Crippen LogP contribution in [0.15, 0.2) is 36.4 Å². The van der Waals surface area contributed by atoms with Crippen LogP contribution in [-0.4, -0.2) is 56.4 Å². The van der Waals surface area contributed by atoms with Crippen LogP contribution in [0.3, 0.4) is 0 Å². The lowest BCUT2D eigenvalue weighted by Gasteiger charge is -2.51. The number of likely N-dealkylation sites (tertiary alicyclic amines) is 1. The first-order chi connectivity index (χ1) is 17.5. The number of amides is 2. The molecule has 0 bridgehead atoms. The lowest BCUT2D eigenvalue weighted by Crippen LogP contribution is -2.64. The van der Waals surface area contributed by atoms with Crippen molar-refractivity contribution >= 4 is 11.8 Å². The van der Waals surface area contributed by atoms with E-state index in [1.165, 1.54) is 24.3 Å². The SMILES string of the molecule is COc1cc(C(=O)N2CC3(CCCC3NC(=O)CCc3ccc(OC(F)(F)F)cc3)C2)cc(OC)c1C. The largest absolute Gasteiger partial charge is 0.573 e. The van der Waals surface area contributed by atoms with Crippen LogP contribution in [0.25, 0.3) is 0 Å². The molecule has 2 aliphatic rings. The summed E-state index contributed by atoms with van der Waals surface area (Å²) in [4.78, 5) is 27.6. The van der Waals surface area contributed by atoms with Crippen LogP contribution in [-0.2, 0) is 11.2 Å². The molecule has 2 fully saturated rings. The third-order valence-corrected chi connectivity index (χ3v) is 7.34. The van der Waals surface area contributed by atoms with Crippen LogP contribution in [0.5, 0.6) is 17.2 Å². The minimum Gasteiger partial charge on any atom is -0.496 e. The molecule has 2 amide bonds. The molecule has 1 heterocycles. The molecule has 1 N–H and O–H groups in total. The van der Waals surface area contributed by atoms with E-state index in [2.05, 4.69) is 10.1 Å². The Morgan fingerprint density at radius 1 is 1.08 bits per heavy atom. The van der Waals surface area contributed by atoms with Crippen LogP contribution < -0.4 is 19.5 Å². The number of benzene rings is 2. The van der Waals surface area contributed by atoms with E-state index in [4.69, 9.17) is 9.47 Å². The number of alkyl halides is 3. The molecule has 1 atom stereocenters. The number of methoxy groups -OCH3 is 2. The number of carbonyl (C=O) groups is 2. The van der Waals surface area contributed by atoms with Gasteiger partial charge >= 0.3 is 6.36 Å². The van der Waals surface area contributed by atoms with Gasteiger partial charge in [0.25, 0.3) is 5.91 Å². The van der Waals surface area contributed by atoms with Gasteiger partial charge in [0.2, 0.25) is 5.91 Å². The van der Waals surface area contributed by atoms with E-state index in [-0.39, 0.29) is 35.4 Å². The van der Waals surface area contributed by atoms with Gasteiger partial charge in [0, 0.05) is 42.1 Å². The van der Waals surface area contributed by atoms with Gasteiger partial charge in [-0.25, -0.2) is 0 Å². The zero-order valence-corrected chi connectivity index (χ0v) is 21.1. The van der Waals surface area contributed by atoms with Crippen LogP contribution in [0.1, 0.15) is 47.2 Å². The van der Waals surface area contributed by atoms with E-state index in [1.54, 1.807) is 31.3 Å². The zero-order chi connectivity index (χ0) is 26.8. The zero-order valence-electron chi connectivity index (χ0n) is 21.1. The predicted octanol–water partition coefficient (Wildman–Crippen LogP) is 4.65. The summed E-state index contributed by atoms with van der Waals surface area (Å²) in [5, 5.41) is 3.14. The maximum absolute atomic E-state index is 13.2. The lowest BCUT2D eigenvalue weighted by atomic mass is 9.74. The van der Waals surface area contributed by atoms with Crippen molar-refractivity contribution in [1.82, 2.24) is 10.2 Å². The molecule has 4 rings (SSSR count). The number of hydrogen-bond acceptors (Lipinski definition) is 5. The topological polar surface area (TPSA) is 77.1 Å². The van der Waals surface area contributed by atoms with Gasteiger partial charge < -0.3 is 24.4 Å². The third kappa shape index (κ3) is 5.94. The van der Waals surface area contributed by atoms with Crippen molar-refractivity contribution in [3.05, 3.63) is 53.1 Å². The molecule has 2 aromatic rings. The van der Waals surface area contributed by atoms with E-state index >= 15 is 0 Å². The summed E-state index contributed by atoms with van der Waals surface area (Å²) in [6.45, 7) is 3.00. The van der Waals surface area contributed by atoms with Gasteiger partial charge in [-0.2, -0.15) is 0 Å². The summed E-state index contributed by atoms with van der Waals surface area (Å²) in [7, 11) is 3.11. The van der Waals surface area contributed by atoms with Gasteiger partial charge in [-0.3, -0.25) is 9.59 Å². The summed E-state index contributed by atoms with van der Waals surface area (Å²) >= 11 is 0. The highest BCUT2D eigenvalue weighted by Gasteiger charge is 2.53. The maximum Gasteiger partial charge on any atom is 0.573 e. The minimum atomic E-state index is -4.74. The van der Waals surface area contributed by atoms with Crippen molar-refractivity contribution < 1.29 is 37.0 Å². The van der Waals surface area contributed by atoms with Crippen molar-refractivity contribution in [2.24, 2.45) is 5.41 Å². The predicted molar refractivity (Wildman–Crippen MR) is 130 cm³/mol. The quantitative estimate of drug-likeness (QED) is 0.548. The Hall–Kier alpha value is -3.43. The van der Waals surface area contributed by atoms with Gasteiger partial charge in [0.05, 0.1) is 14.2 Å². The molecule has 200 valence electrons. The molecule has 10 heteroatoms. The molecule has 1 saturated carbocycles. The fourth-order valence-corrected chi connectivity index (χ4v) is 5.37. The second kappa shape index (κ2) is 10.5. The van der Waals surface area contributed by atoms with Crippen LogP contribution in [0.4, 0.5) is 13.2 Å². The number of halogens is 3. The number of rotatable bonds is 8. The van der Waals surface area contributed by atoms with Gasteiger partial charge in [0.15, 0.2) is 0 Å². The first-order valence-corrected chi connectivity index (χ1v) is 12.2. The van der Waals surface area contributed by atoms with Crippen molar-refractivity contribution in [1.29, 1.82) is 0 Å². The van der Waals surface area contributed by atoms with Crippen molar-refractivity contribution in [2.45, 2.75) is 51.4 Å². The van der Waals surface area contributed by atoms with Crippen molar-refractivity contribution in [2.75, 3.05) is 27.3 Å². The molecule has 1 saturated heterocycles. The molecule has 37 heavy (non-hydrogen) atoms. The summed E-state index contributed by atoms with van der Waals surface area (Å²) in [6, 6.07) is 8.96. The van der Waals surface area contributed by atoms with Gasteiger partial charge in [-0.05, 0) is 56.0 Å². The first-order valence-electron chi connectivity index (χ1n) is 12.2. The number of hydrogen-bond donors (Lipinski definition) is 1. The number of carbonyl (C=O) groups excluding carboxylic acids is 2. The summed E-state index contributed by atoms with van der Waals surface area (Å²) in [5.74, 6) is 0.676. The Labute approximate surface area is 213 Å². The fourth-order valence-electron chi connectivity index (χ4n) is 5.37. The summed E-state index contributed by atoms with van der Waals surface area (Å²) in [5.41, 5.74) is 1.93. The van der Waals surface area contributed by atoms with E-state index in [0.29, 0.717) is 36.6 Å². The molecular formula is C27H31F3N2O5. The second-order valence-electron chi connectivity index (χ2n) is 9.73. The van der Waals surface area contributed by atoms with E-state index in [9.17, 15) is 22.8 Å². The Morgan fingerprint density at radius 3 is 2.27 bits per heavy atom. The standard InChI is InChI=1S/C27H31F3N2O5/c1-17-21(35-2)13-19(14-22(17)36-3)25(34)32-15-26(16-32)12-4-5-23(26)31-24(33)11-8-18-6-9-20(10-7-18)37-27(28,29)30/h6-7,9-10,13-14,23H,4-5,8,11-12,15-16H2,1-3H3,(H,31,33). The molecular weight excluding hydrogens is 489 g/mol.